The molecule has 3 aromatic rings. The van der Waals surface area contributed by atoms with Crippen molar-refractivity contribution in [1.82, 2.24) is 0 Å². The van der Waals surface area contributed by atoms with E-state index in [9.17, 15) is 0 Å². The number of thioether (sulfide) groups is 1. The van der Waals surface area contributed by atoms with Gasteiger partial charge in [-0.1, -0.05) is 97.1 Å². The fourth-order valence-electron chi connectivity index (χ4n) is 3.56. The van der Waals surface area contributed by atoms with Crippen molar-refractivity contribution in [3.8, 4) is 0 Å². The first kappa shape index (κ1) is 15.3. The third-order valence-corrected chi connectivity index (χ3v) is 6.13. The molecule has 0 aromatic heterocycles. The van der Waals surface area contributed by atoms with Gasteiger partial charge in [0.15, 0.2) is 0 Å². The van der Waals surface area contributed by atoms with Crippen LogP contribution in [0, 0.1) is 0 Å². The molecule has 0 saturated heterocycles. The normalized spacial score (nSPS) is 19.1. The highest BCUT2D eigenvalue weighted by atomic mass is 32.2. The number of allylic oxidation sites excluding steroid dienone is 1. The van der Waals surface area contributed by atoms with Crippen LogP contribution < -0.4 is 0 Å². The lowest BCUT2D eigenvalue weighted by atomic mass is 9.80. The van der Waals surface area contributed by atoms with Gasteiger partial charge in [-0.15, -0.1) is 11.8 Å². The van der Waals surface area contributed by atoms with Gasteiger partial charge in [-0.05, 0) is 28.5 Å². The summed E-state index contributed by atoms with van der Waals surface area (Å²) in [6.45, 7) is 0. The summed E-state index contributed by atoms with van der Waals surface area (Å²) in [5, 5.41) is 2.29. The summed E-state index contributed by atoms with van der Waals surface area (Å²) in [6, 6.07) is 32.7. The lowest BCUT2D eigenvalue weighted by molar-refractivity contribution is 0.607. The number of hydrogen-bond acceptors (Lipinski definition) is 1. The maximum Gasteiger partial charge on any atom is 0.0706 e. The van der Waals surface area contributed by atoms with Crippen LogP contribution in [0.2, 0.25) is 0 Å². The quantitative estimate of drug-likeness (QED) is 0.538. The van der Waals surface area contributed by atoms with Gasteiger partial charge in [-0.25, -0.2) is 0 Å². The van der Waals surface area contributed by atoms with E-state index in [0.717, 1.165) is 6.42 Å². The zero-order chi connectivity index (χ0) is 16.2. The summed E-state index contributed by atoms with van der Waals surface area (Å²) >= 11 is 1.93. The van der Waals surface area contributed by atoms with Crippen molar-refractivity contribution >= 4 is 11.8 Å². The highest BCUT2D eigenvalue weighted by Gasteiger charge is 2.38. The molecular weight excluding hydrogens is 308 g/mol. The van der Waals surface area contributed by atoms with Gasteiger partial charge in [0.1, 0.15) is 0 Å². The van der Waals surface area contributed by atoms with E-state index >= 15 is 0 Å². The van der Waals surface area contributed by atoms with Crippen LogP contribution in [-0.2, 0) is 4.75 Å². The Bertz CT molecular complexity index is 767. The Morgan fingerprint density at radius 1 is 0.667 bits per heavy atom. The van der Waals surface area contributed by atoms with Crippen molar-refractivity contribution in [3.05, 3.63) is 119 Å². The largest absolute Gasteiger partial charge is 0.118 e. The summed E-state index contributed by atoms with van der Waals surface area (Å²) in [4.78, 5) is 0. The van der Waals surface area contributed by atoms with Crippen molar-refractivity contribution in [2.45, 2.75) is 17.1 Å². The Labute approximate surface area is 148 Å². The maximum atomic E-state index is 2.35. The Hall–Kier alpha value is -2.25. The average molecular weight is 328 g/mol. The smallest absolute Gasteiger partial charge is 0.0706 e. The molecule has 1 aliphatic rings. The number of hydrogen-bond donors (Lipinski definition) is 0. The van der Waals surface area contributed by atoms with E-state index in [4.69, 9.17) is 0 Å². The fraction of sp³-hybridized carbons (Fsp3) is 0.130. The van der Waals surface area contributed by atoms with Gasteiger partial charge < -0.3 is 0 Å². The molecule has 0 fully saturated rings. The van der Waals surface area contributed by atoms with Crippen LogP contribution in [0.25, 0.3) is 0 Å². The molecule has 1 heteroatoms. The number of rotatable bonds is 3. The van der Waals surface area contributed by atoms with Gasteiger partial charge >= 0.3 is 0 Å². The van der Waals surface area contributed by atoms with Crippen molar-refractivity contribution in [1.29, 1.82) is 0 Å². The minimum absolute atomic E-state index is 0.0300. The topological polar surface area (TPSA) is 0 Å². The molecule has 0 saturated carbocycles. The van der Waals surface area contributed by atoms with Crippen molar-refractivity contribution in [2.75, 3.05) is 0 Å². The number of benzene rings is 3. The molecule has 0 radical (unpaired) electrons. The van der Waals surface area contributed by atoms with Gasteiger partial charge in [0, 0.05) is 5.92 Å². The highest BCUT2D eigenvalue weighted by Crippen LogP contribution is 2.52. The van der Waals surface area contributed by atoms with Crippen LogP contribution in [0.3, 0.4) is 0 Å². The summed E-state index contributed by atoms with van der Waals surface area (Å²) in [5.41, 5.74) is 4.16. The Kier molecular flexibility index (Phi) is 4.27. The lowest BCUT2D eigenvalue weighted by Gasteiger charge is -2.39. The molecule has 3 aromatic carbocycles. The Morgan fingerprint density at radius 3 is 1.71 bits per heavy atom. The molecule has 0 aliphatic carbocycles. The van der Waals surface area contributed by atoms with Gasteiger partial charge in [0.2, 0.25) is 0 Å². The van der Waals surface area contributed by atoms with E-state index < -0.39 is 0 Å². The molecule has 0 bridgehead atoms. The fourth-order valence-corrected chi connectivity index (χ4v) is 4.88. The predicted molar refractivity (Wildman–Crippen MR) is 104 cm³/mol. The lowest BCUT2D eigenvalue weighted by Crippen LogP contribution is -2.27. The molecule has 118 valence electrons. The highest BCUT2D eigenvalue weighted by molar-refractivity contribution is 8.03. The third kappa shape index (κ3) is 2.81. The van der Waals surface area contributed by atoms with Crippen LogP contribution >= 0.6 is 11.8 Å². The molecule has 0 N–H and O–H groups in total. The Morgan fingerprint density at radius 2 is 1.17 bits per heavy atom. The van der Waals surface area contributed by atoms with Gasteiger partial charge in [-0.2, -0.15) is 0 Å². The monoisotopic (exact) mass is 328 g/mol. The van der Waals surface area contributed by atoms with Gasteiger partial charge in [0.05, 0.1) is 4.75 Å². The molecule has 0 spiro atoms. The Balaban J connectivity index is 1.82. The molecule has 0 amide bonds. The maximum absolute atomic E-state index is 2.35. The molecule has 24 heavy (non-hydrogen) atoms. The standard InChI is InChI=1S/C23H20S/c1-4-10-19(11-5-1)20-16-17-24-23(18-20,21-12-6-2-7-13-21)22-14-8-3-9-15-22/h1-17,20H,18H2. The molecular formula is C23H20S. The summed E-state index contributed by atoms with van der Waals surface area (Å²) in [7, 11) is 0. The molecule has 1 atom stereocenters. The summed E-state index contributed by atoms with van der Waals surface area (Å²) in [5.74, 6) is 0.438. The molecule has 4 rings (SSSR count). The zero-order valence-electron chi connectivity index (χ0n) is 13.5. The van der Waals surface area contributed by atoms with Crippen LogP contribution in [0.5, 0.6) is 0 Å². The van der Waals surface area contributed by atoms with E-state index in [2.05, 4.69) is 102 Å². The summed E-state index contributed by atoms with van der Waals surface area (Å²) in [6.07, 6.45) is 3.43. The van der Waals surface area contributed by atoms with Crippen molar-refractivity contribution in [3.63, 3.8) is 0 Å². The van der Waals surface area contributed by atoms with E-state index in [1.165, 1.54) is 16.7 Å². The van der Waals surface area contributed by atoms with Crippen LogP contribution in [0.15, 0.2) is 102 Å². The van der Waals surface area contributed by atoms with E-state index in [1.54, 1.807) is 0 Å². The van der Waals surface area contributed by atoms with Crippen molar-refractivity contribution < 1.29 is 0 Å². The first-order valence-corrected chi connectivity index (χ1v) is 9.27. The zero-order valence-corrected chi connectivity index (χ0v) is 14.3. The molecule has 0 nitrogen and oxygen atoms in total. The molecule has 1 heterocycles. The third-order valence-electron chi connectivity index (χ3n) is 4.80. The van der Waals surface area contributed by atoms with E-state index in [-0.39, 0.29) is 4.75 Å². The van der Waals surface area contributed by atoms with E-state index in [1.807, 2.05) is 11.8 Å². The second-order valence-electron chi connectivity index (χ2n) is 6.23. The second kappa shape index (κ2) is 6.70. The first-order valence-electron chi connectivity index (χ1n) is 8.39. The average Bonchev–Trinajstić information content (AvgIpc) is 2.70. The minimum Gasteiger partial charge on any atom is -0.118 e. The van der Waals surface area contributed by atoms with Crippen LogP contribution in [-0.4, -0.2) is 0 Å². The van der Waals surface area contributed by atoms with Crippen LogP contribution in [0.4, 0.5) is 0 Å². The van der Waals surface area contributed by atoms with E-state index in [0.29, 0.717) is 5.92 Å². The minimum atomic E-state index is -0.0300. The SMILES string of the molecule is C1=CC(c2ccccc2)CC(c2ccccc2)(c2ccccc2)S1. The molecule has 1 unspecified atom stereocenters. The van der Waals surface area contributed by atoms with Gasteiger partial charge in [0.25, 0.3) is 0 Å². The predicted octanol–water partition coefficient (Wildman–Crippen LogP) is 6.36. The van der Waals surface area contributed by atoms with Gasteiger partial charge in [-0.3, -0.25) is 0 Å². The van der Waals surface area contributed by atoms with Crippen LogP contribution in [0.1, 0.15) is 29.0 Å². The second-order valence-corrected chi connectivity index (χ2v) is 7.43. The van der Waals surface area contributed by atoms with Crippen molar-refractivity contribution in [2.24, 2.45) is 0 Å². The summed E-state index contributed by atoms with van der Waals surface area (Å²) < 4.78 is -0.0300. The first-order chi connectivity index (χ1) is 11.9. The molecule has 1 aliphatic heterocycles.